The van der Waals surface area contributed by atoms with E-state index in [1.54, 1.807) is 31.5 Å². The zero-order valence-electron chi connectivity index (χ0n) is 30.2. The standard InChI is InChI=1S/C41H38ClN7O6/c1-41(23-50,40(51)52)47-21-26-9-14-35(49-38(26)54-22-25-17-24(18-43)19-44-20-25)55-34-13-11-28-27(5-3-6-29(28)34)30-7-4-8-31(36(30)42)33-12-10-32(39(48-33)53-2)37-45-15-16-46-37/h3-10,12,14,17,19-20,34,47,50H,11,13,15-16,21-23H2,1-2H3,(H,45,46)(H,51,52)/t34-,41-/m0/s1. The normalized spacial score (nSPS) is 15.6. The molecule has 0 amide bonds. The Hall–Kier alpha value is -6.07. The molecule has 13 nitrogen and oxygen atoms in total. The van der Waals surface area contributed by atoms with E-state index in [1.807, 2.05) is 42.5 Å². The van der Waals surface area contributed by atoms with Crippen LogP contribution in [0, 0.1) is 11.3 Å². The molecule has 3 aromatic heterocycles. The fourth-order valence-electron chi connectivity index (χ4n) is 6.63. The van der Waals surface area contributed by atoms with Crippen LogP contribution in [0.4, 0.5) is 0 Å². The molecule has 0 saturated carbocycles. The van der Waals surface area contributed by atoms with Gasteiger partial charge in [0.05, 0.1) is 42.1 Å². The number of aliphatic hydroxyl groups is 1. The number of aliphatic carboxylic acids is 1. The van der Waals surface area contributed by atoms with E-state index in [0.717, 1.165) is 52.2 Å². The van der Waals surface area contributed by atoms with E-state index in [0.29, 0.717) is 52.1 Å². The summed E-state index contributed by atoms with van der Waals surface area (Å²) >= 11 is 7.17. The van der Waals surface area contributed by atoms with Gasteiger partial charge in [-0.3, -0.25) is 20.1 Å². The lowest BCUT2D eigenvalue weighted by Crippen LogP contribution is -2.52. The molecule has 1 aliphatic heterocycles. The summed E-state index contributed by atoms with van der Waals surface area (Å²) in [6.45, 7) is 2.35. The summed E-state index contributed by atoms with van der Waals surface area (Å²) < 4.78 is 18.3. The fraction of sp³-hybridized carbons (Fsp3) is 0.268. The number of aliphatic hydroxyl groups excluding tert-OH is 1. The molecule has 2 aromatic carbocycles. The average Bonchev–Trinajstić information content (AvgIpc) is 3.90. The van der Waals surface area contributed by atoms with Crippen molar-refractivity contribution in [2.75, 3.05) is 26.8 Å². The lowest BCUT2D eigenvalue weighted by Gasteiger charge is -2.24. The highest BCUT2D eigenvalue weighted by Gasteiger charge is 2.32. The van der Waals surface area contributed by atoms with Gasteiger partial charge in [-0.15, -0.1) is 0 Å². The predicted octanol–water partition coefficient (Wildman–Crippen LogP) is 5.66. The van der Waals surface area contributed by atoms with Crippen LogP contribution in [0.3, 0.4) is 0 Å². The largest absolute Gasteiger partial charge is 0.480 e. The highest BCUT2D eigenvalue weighted by atomic mass is 35.5. The smallest absolute Gasteiger partial charge is 0.326 e. The fourth-order valence-corrected chi connectivity index (χ4v) is 6.95. The van der Waals surface area contributed by atoms with E-state index in [1.165, 1.54) is 13.1 Å². The number of aromatic nitrogens is 3. The molecule has 0 radical (unpaired) electrons. The summed E-state index contributed by atoms with van der Waals surface area (Å²) in [6, 6.07) is 23.1. The molecule has 1 aliphatic carbocycles. The second-order valence-corrected chi connectivity index (χ2v) is 13.7. The monoisotopic (exact) mass is 759 g/mol. The van der Waals surface area contributed by atoms with E-state index in [2.05, 4.69) is 32.7 Å². The first-order valence-electron chi connectivity index (χ1n) is 17.7. The van der Waals surface area contributed by atoms with Gasteiger partial charge in [-0.25, -0.2) is 4.98 Å². The summed E-state index contributed by atoms with van der Waals surface area (Å²) in [7, 11) is 1.59. The van der Waals surface area contributed by atoms with Crippen LogP contribution in [0.1, 0.15) is 52.8 Å². The maximum atomic E-state index is 11.8. The number of aliphatic imine (C=N–C) groups is 1. The van der Waals surface area contributed by atoms with Crippen LogP contribution < -0.4 is 24.8 Å². The number of ether oxygens (including phenoxy) is 3. The van der Waals surface area contributed by atoms with Crippen LogP contribution in [0.5, 0.6) is 17.6 Å². The Bertz CT molecular complexity index is 2330. The molecule has 5 aromatic rings. The Morgan fingerprint density at radius 1 is 1.05 bits per heavy atom. The third-order valence-corrected chi connectivity index (χ3v) is 10.1. The minimum Gasteiger partial charge on any atom is -0.480 e. The predicted molar refractivity (Wildman–Crippen MR) is 205 cm³/mol. The second kappa shape index (κ2) is 16.1. The number of nitriles is 1. The lowest BCUT2D eigenvalue weighted by molar-refractivity contribution is -0.145. The minimum atomic E-state index is -1.58. The molecule has 55 heavy (non-hydrogen) atoms. The van der Waals surface area contributed by atoms with Crippen molar-refractivity contribution in [1.29, 1.82) is 5.26 Å². The molecule has 7 rings (SSSR count). The molecule has 0 saturated heterocycles. The Kier molecular flexibility index (Phi) is 10.9. The molecule has 4 N–H and O–H groups in total. The molecule has 0 fully saturated rings. The van der Waals surface area contributed by atoms with E-state index in [9.17, 15) is 20.3 Å². The van der Waals surface area contributed by atoms with Gasteiger partial charge in [0, 0.05) is 53.8 Å². The van der Waals surface area contributed by atoms with Crippen molar-refractivity contribution < 1.29 is 29.2 Å². The van der Waals surface area contributed by atoms with Crippen molar-refractivity contribution >= 4 is 23.4 Å². The zero-order chi connectivity index (χ0) is 38.5. The molecule has 2 aliphatic rings. The van der Waals surface area contributed by atoms with Gasteiger partial charge in [0.25, 0.3) is 0 Å². The molecule has 2 atom stereocenters. The van der Waals surface area contributed by atoms with Crippen LogP contribution >= 0.6 is 11.6 Å². The Balaban J connectivity index is 1.15. The zero-order valence-corrected chi connectivity index (χ0v) is 30.9. The SMILES string of the molecule is COc1nc(-c2cccc(-c3cccc4c3CC[C@@H]4Oc3ccc(CN[C@@](C)(CO)C(=O)O)c(OCc4cncc(C#N)c4)n3)c2Cl)ccc1C1=NCCN1. The number of amidine groups is 1. The van der Waals surface area contributed by atoms with Crippen LogP contribution in [0.2, 0.25) is 5.02 Å². The van der Waals surface area contributed by atoms with Crippen LogP contribution in [0.25, 0.3) is 22.4 Å². The molecule has 280 valence electrons. The number of carboxylic acids is 1. The maximum absolute atomic E-state index is 11.8. The highest BCUT2D eigenvalue weighted by molar-refractivity contribution is 6.36. The minimum absolute atomic E-state index is 0.0385. The number of halogens is 1. The van der Waals surface area contributed by atoms with Gasteiger partial charge in [-0.1, -0.05) is 48.0 Å². The summed E-state index contributed by atoms with van der Waals surface area (Å²) in [4.78, 5) is 29.9. The first kappa shape index (κ1) is 37.3. The third-order valence-electron chi connectivity index (χ3n) is 9.70. The number of pyridine rings is 3. The summed E-state index contributed by atoms with van der Waals surface area (Å²) in [5, 5.41) is 35.5. The number of rotatable bonds is 14. The molecular formula is C41H38ClN7O6. The average molecular weight is 760 g/mol. The summed E-state index contributed by atoms with van der Waals surface area (Å²) in [6.07, 6.45) is 4.18. The van der Waals surface area contributed by atoms with Crippen molar-refractivity contribution in [1.82, 2.24) is 25.6 Å². The molecule has 0 bridgehead atoms. The topological polar surface area (TPSA) is 184 Å². The number of benzene rings is 2. The number of carbonyl (C=O) groups is 1. The Labute approximate surface area is 322 Å². The molecule has 14 heteroatoms. The van der Waals surface area contributed by atoms with Crippen LogP contribution in [-0.4, -0.2) is 69.3 Å². The van der Waals surface area contributed by atoms with Gasteiger partial charge in [0.2, 0.25) is 17.6 Å². The quantitative estimate of drug-likeness (QED) is 0.109. The number of carboxylic acid groups (broad SMARTS) is 1. The van der Waals surface area contributed by atoms with Crippen LogP contribution in [0.15, 0.2) is 84.1 Å². The molecule has 4 heterocycles. The van der Waals surface area contributed by atoms with Crippen molar-refractivity contribution in [3.63, 3.8) is 0 Å². The number of fused-ring (bicyclic) bond motifs is 1. The Morgan fingerprint density at radius 3 is 2.64 bits per heavy atom. The van der Waals surface area contributed by atoms with Crippen molar-refractivity contribution in [3.05, 3.63) is 118 Å². The molecular weight excluding hydrogens is 722 g/mol. The van der Waals surface area contributed by atoms with Gasteiger partial charge in [0.1, 0.15) is 30.2 Å². The van der Waals surface area contributed by atoms with Gasteiger partial charge in [-0.05, 0) is 60.7 Å². The van der Waals surface area contributed by atoms with Gasteiger partial charge < -0.3 is 29.7 Å². The number of nitrogens with zero attached hydrogens (tertiary/aromatic N) is 5. The van der Waals surface area contributed by atoms with E-state index in [4.69, 9.17) is 35.8 Å². The Morgan fingerprint density at radius 2 is 1.87 bits per heavy atom. The number of hydrogen-bond acceptors (Lipinski definition) is 12. The number of methoxy groups -OCH3 is 1. The van der Waals surface area contributed by atoms with Gasteiger partial charge >= 0.3 is 5.97 Å². The second-order valence-electron chi connectivity index (χ2n) is 13.3. The van der Waals surface area contributed by atoms with Crippen molar-refractivity contribution in [3.8, 4) is 46.1 Å². The molecule has 0 spiro atoms. The first-order chi connectivity index (χ1) is 26.7. The van der Waals surface area contributed by atoms with Crippen LogP contribution in [-0.2, 0) is 24.4 Å². The van der Waals surface area contributed by atoms with Crippen molar-refractivity contribution in [2.24, 2.45) is 4.99 Å². The van der Waals surface area contributed by atoms with E-state index >= 15 is 0 Å². The van der Waals surface area contributed by atoms with Crippen molar-refractivity contribution in [2.45, 2.75) is 44.6 Å². The summed E-state index contributed by atoms with van der Waals surface area (Å²) in [5.41, 5.74) is 6.28. The third kappa shape index (κ3) is 7.79. The number of nitrogens with one attached hydrogen (secondary N) is 2. The lowest BCUT2D eigenvalue weighted by atomic mass is 9.94. The molecule has 0 unspecified atom stereocenters. The van der Waals surface area contributed by atoms with Gasteiger partial charge in [-0.2, -0.15) is 10.2 Å². The van der Waals surface area contributed by atoms with Gasteiger partial charge in [0.15, 0.2) is 0 Å². The maximum Gasteiger partial charge on any atom is 0.326 e. The van der Waals surface area contributed by atoms with E-state index in [-0.39, 0.29) is 25.1 Å². The first-order valence-corrected chi connectivity index (χ1v) is 18.1. The highest BCUT2D eigenvalue weighted by Crippen LogP contribution is 2.44. The summed E-state index contributed by atoms with van der Waals surface area (Å²) in [5.74, 6) is 0.556. The van der Waals surface area contributed by atoms with E-state index < -0.39 is 18.1 Å². The number of hydrogen-bond donors (Lipinski definition) is 4.